The molecular weight excluding hydrogens is 473 g/mol. The highest BCUT2D eigenvalue weighted by atomic mass is 32.2. The fourth-order valence-corrected chi connectivity index (χ4v) is 9.67. The minimum atomic E-state index is 0.611. The topological polar surface area (TPSA) is 0 Å². The predicted octanol–water partition coefficient (Wildman–Crippen LogP) is 9.10. The Balaban J connectivity index is 1.02. The third-order valence-corrected chi connectivity index (χ3v) is 11.6. The van der Waals surface area contributed by atoms with Gasteiger partial charge in [0.15, 0.2) is 0 Å². The highest BCUT2D eigenvalue weighted by Gasteiger charge is 2.46. The first-order valence-electron chi connectivity index (χ1n) is 13.6. The predicted molar refractivity (Wildman–Crippen MR) is 156 cm³/mol. The maximum Gasteiger partial charge on any atom is 0.0259 e. The van der Waals surface area contributed by atoms with Crippen LogP contribution in [0.4, 0.5) is 0 Å². The quantitative estimate of drug-likeness (QED) is 0.327. The zero-order valence-corrected chi connectivity index (χ0v) is 22.9. The van der Waals surface area contributed by atoms with Crippen molar-refractivity contribution in [3.63, 3.8) is 0 Å². The molecule has 0 nitrogen and oxygen atoms in total. The Morgan fingerprint density at radius 2 is 1.36 bits per heavy atom. The monoisotopic (exact) mass is 506 g/mol. The summed E-state index contributed by atoms with van der Waals surface area (Å²) in [6.07, 6.45) is 12.5. The van der Waals surface area contributed by atoms with Gasteiger partial charge in [-0.1, -0.05) is 83.9 Å². The van der Waals surface area contributed by atoms with E-state index in [2.05, 4.69) is 110 Å². The van der Waals surface area contributed by atoms with Gasteiger partial charge in [-0.3, -0.25) is 0 Å². The summed E-state index contributed by atoms with van der Waals surface area (Å²) in [4.78, 5) is 3.33. The van der Waals surface area contributed by atoms with Gasteiger partial charge < -0.3 is 0 Å². The molecule has 2 heterocycles. The van der Waals surface area contributed by atoms with Crippen LogP contribution >= 0.6 is 23.5 Å². The zero-order chi connectivity index (χ0) is 24.2. The smallest absolute Gasteiger partial charge is 0.0259 e. The van der Waals surface area contributed by atoms with Crippen LogP contribution in [0.15, 0.2) is 88.2 Å². The minimum Gasteiger partial charge on any atom is -0.126 e. The molecule has 182 valence electrons. The van der Waals surface area contributed by atoms with Crippen molar-refractivity contribution in [2.45, 2.75) is 79.6 Å². The summed E-state index contributed by atoms with van der Waals surface area (Å²) < 4.78 is 0. The van der Waals surface area contributed by atoms with E-state index in [-0.39, 0.29) is 0 Å². The molecule has 4 unspecified atom stereocenters. The van der Waals surface area contributed by atoms with E-state index in [9.17, 15) is 0 Å². The van der Waals surface area contributed by atoms with Crippen molar-refractivity contribution in [1.82, 2.24) is 0 Å². The number of hydrogen-bond acceptors (Lipinski definition) is 2. The summed E-state index contributed by atoms with van der Waals surface area (Å²) in [5.74, 6) is 1.24. The lowest BCUT2D eigenvalue weighted by Gasteiger charge is -2.42. The summed E-state index contributed by atoms with van der Waals surface area (Å²) in [6.45, 7) is 4.35. The van der Waals surface area contributed by atoms with Gasteiger partial charge in [0, 0.05) is 27.2 Å². The maximum absolute atomic E-state index is 2.55. The SMILES string of the molecule is Cc1ccc(CCC2CC3=C(S2)C2c4ccc5c(c4C2C=C3)SC(CCc2ccc(C)cc2)C5)cc1. The van der Waals surface area contributed by atoms with Crippen LogP contribution in [0.25, 0.3) is 0 Å². The molecule has 0 spiro atoms. The molecule has 7 rings (SSSR count). The highest BCUT2D eigenvalue weighted by molar-refractivity contribution is 8.04. The average molecular weight is 507 g/mol. The first-order valence-corrected chi connectivity index (χ1v) is 15.4. The zero-order valence-electron chi connectivity index (χ0n) is 21.3. The summed E-state index contributed by atoms with van der Waals surface area (Å²) >= 11 is 4.39. The molecule has 0 radical (unpaired) electrons. The molecule has 0 amide bonds. The molecule has 0 fully saturated rings. The number of rotatable bonds is 6. The second-order valence-corrected chi connectivity index (χ2v) is 13.9. The van der Waals surface area contributed by atoms with Gasteiger partial charge in [0.25, 0.3) is 0 Å². The molecule has 4 aliphatic rings. The van der Waals surface area contributed by atoms with Crippen molar-refractivity contribution in [1.29, 1.82) is 0 Å². The number of benzene rings is 3. The van der Waals surface area contributed by atoms with Gasteiger partial charge in [0.1, 0.15) is 0 Å². The van der Waals surface area contributed by atoms with Crippen molar-refractivity contribution < 1.29 is 0 Å². The summed E-state index contributed by atoms with van der Waals surface area (Å²) in [5.41, 5.74) is 12.2. The largest absolute Gasteiger partial charge is 0.126 e. The fraction of sp³-hybridized carbons (Fsp3) is 0.353. The lowest BCUT2D eigenvalue weighted by Crippen LogP contribution is -2.26. The van der Waals surface area contributed by atoms with Gasteiger partial charge in [-0.25, -0.2) is 0 Å². The molecule has 0 aromatic heterocycles. The normalized spacial score (nSPS) is 25.3. The van der Waals surface area contributed by atoms with E-state index in [0.29, 0.717) is 11.8 Å². The van der Waals surface area contributed by atoms with Gasteiger partial charge in [-0.15, -0.1) is 23.5 Å². The van der Waals surface area contributed by atoms with Crippen LogP contribution in [-0.4, -0.2) is 10.5 Å². The van der Waals surface area contributed by atoms with Crippen LogP contribution in [-0.2, 0) is 19.3 Å². The van der Waals surface area contributed by atoms with Crippen molar-refractivity contribution in [3.05, 3.63) is 122 Å². The molecule has 36 heavy (non-hydrogen) atoms. The molecule has 0 bridgehead atoms. The molecule has 2 aliphatic heterocycles. The Morgan fingerprint density at radius 3 is 2.03 bits per heavy atom. The molecule has 3 aromatic carbocycles. The van der Waals surface area contributed by atoms with Gasteiger partial charge in [0.05, 0.1) is 0 Å². The number of fused-ring (bicyclic) bond motifs is 7. The van der Waals surface area contributed by atoms with Crippen molar-refractivity contribution in [2.75, 3.05) is 0 Å². The highest BCUT2D eigenvalue weighted by Crippen LogP contribution is 2.64. The van der Waals surface area contributed by atoms with Gasteiger partial charge in [-0.05, 0) is 90.7 Å². The molecule has 0 saturated carbocycles. The molecule has 3 aromatic rings. The summed E-state index contributed by atoms with van der Waals surface area (Å²) in [7, 11) is 0. The molecular formula is C34H34S2. The lowest BCUT2D eigenvalue weighted by molar-refractivity contribution is 0.606. The van der Waals surface area contributed by atoms with Crippen LogP contribution in [0.1, 0.15) is 70.0 Å². The first kappa shape index (κ1) is 23.0. The van der Waals surface area contributed by atoms with Crippen molar-refractivity contribution >= 4 is 23.5 Å². The molecule has 0 saturated heterocycles. The molecule has 0 N–H and O–H groups in total. The van der Waals surface area contributed by atoms with E-state index in [1.807, 2.05) is 0 Å². The summed E-state index contributed by atoms with van der Waals surface area (Å²) in [5, 5.41) is 1.46. The third kappa shape index (κ3) is 4.11. The average Bonchev–Trinajstić information content (AvgIpc) is 3.47. The van der Waals surface area contributed by atoms with Gasteiger partial charge >= 0.3 is 0 Å². The van der Waals surface area contributed by atoms with E-state index in [0.717, 1.165) is 10.5 Å². The lowest BCUT2D eigenvalue weighted by atomic mass is 9.64. The van der Waals surface area contributed by atoms with E-state index >= 15 is 0 Å². The number of thioether (sulfide) groups is 2. The number of allylic oxidation sites excluding steroid dienone is 4. The van der Waals surface area contributed by atoms with Crippen molar-refractivity contribution in [3.8, 4) is 0 Å². The van der Waals surface area contributed by atoms with Crippen LogP contribution < -0.4 is 0 Å². The Labute approximate surface area is 224 Å². The Morgan fingerprint density at radius 1 is 0.722 bits per heavy atom. The first-order chi connectivity index (χ1) is 17.6. The summed E-state index contributed by atoms with van der Waals surface area (Å²) in [6, 6.07) is 23.2. The van der Waals surface area contributed by atoms with Crippen LogP contribution in [0, 0.1) is 13.8 Å². The molecule has 2 heteroatoms. The van der Waals surface area contributed by atoms with Crippen molar-refractivity contribution in [2.24, 2.45) is 0 Å². The number of hydrogen-bond donors (Lipinski definition) is 0. The van der Waals surface area contributed by atoms with E-state index in [1.165, 1.54) is 60.8 Å². The minimum absolute atomic E-state index is 0.611. The van der Waals surface area contributed by atoms with E-state index in [1.54, 1.807) is 32.1 Å². The Hall–Kier alpha value is -2.16. The third-order valence-electron chi connectivity index (χ3n) is 8.67. The maximum atomic E-state index is 2.55. The van der Waals surface area contributed by atoms with Gasteiger partial charge in [0.2, 0.25) is 0 Å². The van der Waals surface area contributed by atoms with Crippen LogP contribution in [0.3, 0.4) is 0 Å². The van der Waals surface area contributed by atoms with Gasteiger partial charge in [-0.2, -0.15) is 0 Å². The Bertz CT molecular complexity index is 1360. The fourth-order valence-electron chi connectivity index (χ4n) is 6.58. The molecule has 2 aliphatic carbocycles. The van der Waals surface area contributed by atoms with Crippen LogP contribution in [0.5, 0.6) is 0 Å². The number of aryl methyl sites for hydroxylation is 4. The van der Waals surface area contributed by atoms with Crippen LogP contribution in [0.2, 0.25) is 0 Å². The Kier molecular flexibility index (Phi) is 5.94. The van der Waals surface area contributed by atoms with E-state index in [4.69, 9.17) is 0 Å². The second-order valence-electron chi connectivity index (χ2n) is 11.2. The van der Waals surface area contributed by atoms with E-state index < -0.39 is 0 Å². The second kappa shape index (κ2) is 9.30. The standard InChI is InChI=1S/C34H34S2/c1-21-3-7-23(8-4-21)11-15-27-19-25-13-17-29-31(33(25)35-27)30-18-14-26-20-28(36-34(26)32(29)30)16-12-24-9-5-22(2)6-10-24/h3-10,13-14,17-18,27-29,31H,11-12,15-16,19-20H2,1-2H3. The molecule has 4 atom stereocenters.